The van der Waals surface area contributed by atoms with E-state index in [1.54, 1.807) is 12.3 Å². The second-order valence-electron chi connectivity index (χ2n) is 2.64. The maximum atomic E-state index is 10.7. The fourth-order valence-corrected chi connectivity index (χ4v) is 0.957. The van der Waals surface area contributed by atoms with Gasteiger partial charge < -0.3 is 10.6 Å². The maximum absolute atomic E-state index is 10.7. The predicted molar refractivity (Wildman–Crippen MR) is 52.7 cm³/mol. The van der Waals surface area contributed by atoms with Crippen LogP contribution in [-0.2, 0) is 4.79 Å². The van der Waals surface area contributed by atoms with Crippen molar-refractivity contribution in [1.82, 2.24) is 4.98 Å². The summed E-state index contributed by atoms with van der Waals surface area (Å²) >= 11 is 0. The van der Waals surface area contributed by atoms with Crippen molar-refractivity contribution in [2.45, 2.75) is 13.8 Å². The molecule has 70 valence electrons. The number of anilines is 2. The molecule has 0 aromatic carbocycles. The topological polar surface area (TPSA) is 54.0 Å². The lowest BCUT2D eigenvalue weighted by atomic mass is 10.4. The Balaban J connectivity index is 2.64. The molecule has 1 aromatic heterocycles. The van der Waals surface area contributed by atoms with E-state index in [-0.39, 0.29) is 5.91 Å². The molecule has 1 amide bonds. The van der Waals surface area contributed by atoms with Crippen molar-refractivity contribution in [2.75, 3.05) is 17.2 Å². The standard InChI is InChI=1S/C9H13N3O/c1-3-10-8-4-5-9(11-6-8)12-7(2)13/h4-6,10H,3H2,1-2H3,(H,11,12,13). The summed E-state index contributed by atoms with van der Waals surface area (Å²) in [7, 11) is 0. The van der Waals surface area contributed by atoms with Crippen molar-refractivity contribution in [1.29, 1.82) is 0 Å². The molecule has 1 rings (SSSR count). The van der Waals surface area contributed by atoms with Crippen LogP contribution in [0, 0.1) is 0 Å². The largest absolute Gasteiger partial charge is 0.384 e. The molecule has 4 heteroatoms. The highest BCUT2D eigenvalue weighted by molar-refractivity contribution is 5.87. The van der Waals surface area contributed by atoms with E-state index in [1.807, 2.05) is 13.0 Å². The fourth-order valence-electron chi connectivity index (χ4n) is 0.957. The molecular formula is C9H13N3O. The van der Waals surface area contributed by atoms with Crippen LogP contribution in [0.1, 0.15) is 13.8 Å². The smallest absolute Gasteiger partial charge is 0.222 e. The Bertz CT molecular complexity index is 281. The van der Waals surface area contributed by atoms with Gasteiger partial charge in [0.2, 0.25) is 5.91 Å². The molecule has 0 unspecified atom stereocenters. The lowest BCUT2D eigenvalue weighted by Gasteiger charge is -2.03. The third-order valence-electron chi connectivity index (χ3n) is 1.45. The number of aromatic nitrogens is 1. The molecule has 0 saturated heterocycles. The fraction of sp³-hybridized carbons (Fsp3) is 0.333. The molecule has 0 saturated carbocycles. The minimum absolute atomic E-state index is 0.108. The Morgan fingerprint density at radius 1 is 1.54 bits per heavy atom. The molecule has 0 aliphatic carbocycles. The molecule has 0 bridgehead atoms. The molecule has 4 nitrogen and oxygen atoms in total. The molecule has 2 N–H and O–H groups in total. The van der Waals surface area contributed by atoms with E-state index in [1.165, 1.54) is 6.92 Å². The molecule has 0 radical (unpaired) electrons. The van der Waals surface area contributed by atoms with Crippen LogP contribution in [0.2, 0.25) is 0 Å². The first kappa shape index (κ1) is 9.51. The zero-order valence-electron chi connectivity index (χ0n) is 7.79. The number of hydrogen-bond acceptors (Lipinski definition) is 3. The van der Waals surface area contributed by atoms with Gasteiger partial charge in [-0.15, -0.1) is 0 Å². The Morgan fingerprint density at radius 3 is 2.77 bits per heavy atom. The summed E-state index contributed by atoms with van der Waals surface area (Å²) in [6.07, 6.45) is 1.69. The zero-order valence-corrected chi connectivity index (χ0v) is 7.79. The monoisotopic (exact) mass is 179 g/mol. The average Bonchev–Trinajstić information content (AvgIpc) is 2.08. The number of rotatable bonds is 3. The Morgan fingerprint density at radius 2 is 2.31 bits per heavy atom. The first-order valence-electron chi connectivity index (χ1n) is 4.20. The normalized spacial score (nSPS) is 9.38. The minimum Gasteiger partial charge on any atom is -0.384 e. The number of carbonyl (C=O) groups excluding carboxylic acids is 1. The number of nitrogens with one attached hydrogen (secondary N) is 2. The van der Waals surface area contributed by atoms with Crippen molar-refractivity contribution in [3.05, 3.63) is 18.3 Å². The van der Waals surface area contributed by atoms with Gasteiger partial charge in [-0.1, -0.05) is 0 Å². The van der Waals surface area contributed by atoms with Gasteiger partial charge in [0, 0.05) is 13.5 Å². The molecular weight excluding hydrogens is 166 g/mol. The van der Waals surface area contributed by atoms with Gasteiger partial charge in [-0.25, -0.2) is 4.98 Å². The van der Waals surface area contributed by atoms with Crippen LogP contribution in [0.4, 0.5) is 11.5 Å². The van der Waals surface area contributed by atoms with E-state index in [0.29, 0.717) is 5.82 Å². The Kier molecular flexibility index (Phi) is 3.25. The average molecular weight is 179 g/mol. The number of nitrogens with zero attached hydrogens (tertiary/aromatic N) is 1. The van der Waals surface area contributed by atoms with Crippen molar-refractivity contribution >= 4 is 17.4 Å². The van der Waals surface area contributed by atoms with Crippen molar-refractivity contribution in [3.63, 3.8) is 0 Å². The van der Waals surface area contributed by atoms with Crippen LogP contribution in [0.5, 0.6) is 0 Å². The third-order valence-corrected chi connectivity index (χ3v) is 1.45. The van der Waals surface area contributed by atoms with Crippen molar-refractivity contribution in [3.8, 4) is 0 Å². The van der Waals surface area contributed by atoms with E-state index in [4.69, 9.17) is 0 Å². The summed E-state index contributed by atoms with van der Waals surface area (Å²) in [4.78, 5) is 14.7. The number of hydrogen-bond donors (Lipinski definition) is 2. The Labute approximate surface area is 77.4 Å². The zero-order chi connectivity index (χ0) is 9.68. The lowest BCUT2D eigenvalue weighted by molar-refractivity contribution is -0.114. The van der Waals surface area contributed by atoms with Crippen molar-refractivity contribution < 1.29 is 4.79 Å². The second kappa shape index (κ2) is 4.45. The van der Waals surface area contributed by atoms with E-state index >= 15 is 0 Å². The number of amides is 1. The predicted octanol–water partition coefficient (Wildman–Crippen LogP) is 1.47. The van der Waals surface area contributed by atoms with Gasteiger partial charge in [-0.05, 0) is 19.1 Å². The molecule has 0 spiro atoms. The molecule has 0 atom stereocenters. The molecule has 13 heavy (non-hydrogen) atoms. The molecule has 0 fully saturated rings. The van der Waals surface area contributed by atoms with Crippen LogP contribution < -0.4 is 10.6 Å². The molecule has 0 aliphatic heterocycles. The number of carbonyl (C=O) groups is 1. The van der Waals surface area contributed by atoms with Crippen LogP contribution in [0.3, 0.4) is 0 Å². The third kappa shape index (κ3) is 3.11. The van der Waals surface area contributed by atoms with Gasteiger partial charge in [-0.3, -0.25) is 4.79 Å². The molecule has 1 aromatic rings. The van der Waals surface area contributed by atoms with Gasteiger partial charge >= 0.3 is 0 Å². The summed E-state index contributed by atoms with van der Waals surface area (Å²) < 4.78 is 0. The first-order valence-corrected chi connectivity index (χ1v) is 4.20. The summed E-state index contributed by atoms with van der Waals surface area (Å²) in [6, 6.07) is 3.64. The molecule has 1 heterocycles. The summed E-state index contributed by atoms with van der Waals surface area (Å²) in [5.41, 5.74) is 0.955. The second-order valence-corrected chi connectivity index (χ2v) is 2.64. The van der Waals surface area contributed by atoms with Gasteiger partial charge in [-0.2, -0.15) is 0 Å². The molecule has 0 aliphatic rings. The van der Waals surface area contributed by atoms with Crippen LogP contribution in [0.25, 0.3) is 0 Å². The van der Waals surface area contributed by atoms with E-state index < -0.39 is 0 Å². The maximum Gasteiger partial charge on any atom is 0.222 e. The highest BCUT2D eigenvalue weighted by atomic mass is 16.1. The van der Waals surface area contributed by atoms with Crippen LogP contribution in [0.15, 0.2) is 18.3 Å². The van der Waals surface area contributed by atoms with Gasteiger partial charge in [0.25, 0.3) is 0 Å². The van der Waals surface area contributed by atoms with E-state index in [9.17, 15) is 4.79 Å². The highest BCUT2D eigenvalue weighted by Crippen LogP contribution is 2.08. The summed E-state index contributed by atoms with van der Waals surface area (Å²) in [5.74, 6) is 0.470. The number of pyridine rings is 1. The van der Waals surface area contributed by atoms with E-state index in [0.717, 1.165) is 12.2 Å². The van der Waals surface area contributed by atoms with Gasteiger partial charge in [0.05, 0.1) is 11.9 Å². The van der Waals surface area contributed by atoms with Gasteiger partial charge in [0.15, 0.2) is 0 Å². The quantitative estimate of drug-likeness (QED) is 0.738. The van der Waals surface area contributed by atoms with Crippen LogP contribution >= 0.6 is 0 Å². The van der Waals surface area contributed by atoms with E-state index in [2.05, 4.69) is 15.6 Å². The SMILES string of the molecule is CCNc1ccc(NC(C)=O)nc1. The first-order chi connectivity index (χ1) is 6.22. The highest BCUT2D eigenvalue weighted by Gasteiger charge is 1.95. The summed E-state index contributed by atoms with van der Waals surface area (Å²) in [6.45, 7) is 4.34. The minimum atomic E-state index is -0.108. The Hall–Kier alpha value is -1.58. The summed E-state index contributed by atoms with van der Waals surface area (Å²) in [5, 5.41) is 5.71. The van der Waals surface area contributed by atoms with Crippen molar-refractivity contribution in [2.24, 2.45) is 0 Å². The van der Waals surface area contributed by atoms with Gasteiger partial charge in [0.1, 0.15) is 5.82 Å². The lowest BCUT2D eigenvalue weighted by Crippen LogP contribution is -2.07. The van der Waals surface area contributed by atoms with Crippen LogP contribution in [-0.4, -0.2) is 17.4 Å².